The molecule has 1 nitrogen and oxygen atoms in total. The number of halogens is 3. The molecule has 0 N–H and O–H groups in total. The Hall–Kier alpha value is -3.53. The van der Waals surface area contributed by atoms with Crippen LogP contribution in [0.25, 0.3) is 22.3 Å². The van der Waals surface area contributed by atoms with Crippen LogP contribution in [0.5, 0.6) is 5.75 Å². The summed E-state index contributed by atoms with van der Waals surface area (Å²) in [7, 11) is 0. The quantitative estimate of drug-likeness (QED) is 0.280. The summed E-state index contributed by atoms with van der Waals surface area (Å²) in [5, 5.41) is 0. The standard InChI is InChI=1S/C29H25F3O/c1-3-33-24-15-17-25(27(30)18-24)21-11-6-20(7-12-21)8-13-23-14-16-26(29(32)28(23)31)22-9-4-19(2)5-10-22/h4-7,9-12,14-18H,3,8,13H2,1-2H3. The second-order valence-corrected chi connectivity index (χ2v) is 8.04. The second-order valence-electron chi connectivity index (χ2n) is 8.04. The predicted molar refractivity (Wildman–Crippen MR) is 127 cm³/mol. The first-order valence-electron chi connectivity index (χ1n) is 11.0. The van der Waals surface area contributed by atoms with Gasteiger partial charge in [0.15, 0.2) is 11.6 Å². The van der Waals surface area contributed by atoms with Crippen LogP contribution >= 0.6 is 0 Å². The molecule has 0 saturated heterocycles. The molecule has 0 unspecified atom stereocenters. The number of rotatable bonds is 7. The summed E-state index contributed by atoms with van der Waals surface area (Å²) in [4.78, 5) is 0. The van der Waals surface area contributed by atoms with Crippen molar-refractivity contribution in [3.8, 4) is 28.0 Å². The van der Waals surface area contributed by atoms with Gasteiger partial charge in [-0.1, -0.05) is 66.2 Å². The van der Waals surface area contributed by atoms with Crippen molar-refractivity contribution >= 4 is 0 Å². The van der Waals surface area contributed by atoms with E-state index in [9.17, 15) is 13.2 Å². The Bertz CT molecular complexity index is 1250. The minimum absolute atomic E-state index is 0.262. The van der Waals surface area contributed by atoms with Crippen LogP contribution in [0.3, 0.4) is 0 Å². The zero-order valence-corrected chi connectivity index (χ0v) is 18.7. The van der Waals surface area contributed by atoms with E-state index in [1.54, 1.807) is 36.4 Å². The maximum Gasteiger partial charge on any atom is 0.166 e. The summed E-state index contributed by atoms with van der Waals surface area (Å²) < 4.78 is 49.2. The van der Waals surface area contributed by atoms with E-state index in [-0.39, 0.29) is 11.4 Å². The summed E-state index contributed by atoms with van der Waals surface area (Å²) >= 11 is 0. The van der Waals surface area contributed by atoms with E-state index in [0.29, 0.717) is 41.9 Å². The number of benzene rings is 4. The number of hydrogen-bond acceptors (Lipinski definition) is 1. The first-order valence-corrected chi connectivity index (χ1v) is 11.0. The van der Waals surface area contributed by atoms with Crippen molar-refractivity contribution < 1.29 is 17.9 Å². The van der Waals surface area contributed by atoms with Gasteiger partial charge in [-0.05, 0) is 61.1 Å². The van der Waals surface area contributed by atoms with Crippen LogP contribution in [0.15, 0.2) is 78.9 Å². The molecule has 0 radical (unpaired) electrons. The van der Waals surface area contributed by atoms with Gasteiger partial charge in [0.05, 0.1) is 6.61 Å². The highest BCUT2D eigenvalue weighted by Crippen LogP contribution is 2.29. The molecule has 0 atom stereocenters. The van der Waals surface area contributed by atoms with Crippen molar-refractivity contribution in [1.82, 2.24) is 0 Å². The molecule has 4 heteroatoms. The van der Waals surface area contributed by atoms with Crippen LogP contribution in [0.2, 0.25) is 0 Å². The molecule has 33 heavy (non-hydrogen) atoms. The minimum atomic E-state index is -0.822. The molecule has 168 valence electrons. The maximum absolute atomic E-state index is 14.7. The van der Waals surface area contributed by atoms with Gasteiger partial charge in [0, 0.05) is 17.2 Å². The molecular formula is C29H25F3O. The smallest absolute Gasteiger partial charge is 0.166 e. The normalized spacial score (nSPS) is 10.9. The molecule has 4 aromatic rings. The molecule has 0 bridgehead atoms. The molecule has 4 rings (SSSR count). The lowest BCUT2D eigenvalue weighted by Gasteiger charge is -2.10. The van der Waals surface area contributed by atoms with E-state index in [2.05, 4.69) is 0 Å². The summed E-state index contributed by atoms with van der Waals surface area (Å²) in [5.74, 6) is -1.48. The molecule has 0 heterocycles. The fourth-order valence-corrected chi connectivity index (χ4v) is 3.85. The van der Waals surface area contributed by atoms with Crippen molar-refractivity contribution in [3.63, 3.8) is 0 Å². The summed E-state index contributed by atoms with van der Waals surface area (Å²) in [5.41, 5.74) is 4.52. The molecular weight excluding hydrogens is 421 g/mol. The van der Waals surface area contributed by atoms with Crippen molar-refractivity contribution in [1.29, 1.82) is 0 Å². The topological polar surface area (TPSA) is 9.23 Å². The van der Waals surface area contributed by atoms with Crippen LogP contribution in [0, 0.1) is 24.4 Å². The first kappa shape index (κ1) is 22.7. The van der Waals surface area contributed by atoms with Gasteiger partial charge in [-0.15, -0.1) is 0 Å². The molecule has 0 aliphatic heterocycles. The highest BCUT2D eigenvalue weighted by atomic mass is 19.2. The largest absolute Gasteiger partial charge is 0.494 e. The highest BCUT2D eigenvalue weighted by molar-refractivity contribution is 5.66. The van der Waals surface area contributed by atoms with Crippen LogP contribution in [-0.4, -0.2) is 6.61 Å². The Morgan fingerprint density at radius 1 is 0.667 bits per heavy atom. The third-order valence-electron chi connectivity index (χ3n) is 5.72. The second kappa shape index (κ2) is 9.95. The monoisotopic (exact) mass is 446 g/mol. The Labute approximate surface area is 192 Å². The maximum atomic E-state index is 14.7. The van der Waals surface area contributed by atoms with Crippen LogP contribution in [-0.2, 0) is 12.8 Å². The fourth-order valence-electron chi connectivity index (χ4n) is 3.85. The van der Waals surface area contributed by atoms with E-state index in [1.807, 2.05) is 50.2 Å². The zero-order valence-electron chi connectivity index (χ0n) is 18.7. The molecule has 0 spiro atoms. The number of hydrogen-bond donors (Lipinski definition) is 0. The minimum Gasteiger partial charge on any atom is -0.494 e. The Morgan fingerprint density at radius 2 is 1.30 bits per heavy atom. The third kappa shape index (κ3) is 5.11. The first-order chi connectivity index (χ1) is 16.0. The average molecular weight is 447 g/mol. The SMILES string of the molecule is CCOc1ccc(-c2ccc(CCc3ccc(-c4ccc(C)cc4)c(F)c3F)cc2)c(F)c1. The van der Waals surface area contributed by atoms with Crippen LogP contribution in [0.1, 0.15) is 23.6 Å². The highest BCUT2D eigenvalue weighted by Gasteiger charge is 2.15. The van der Waals surface area contributed by atoms with Crippen molar-refractivity contribution in [2.45, 2.75) is 26.7 Å². The number of ether oxygens (including phenoxy) is 1. The Balaban J connectivity index is 1.46. The lowest BCUT2D eigenvalue weighted by atomic mass is 9.97. The average Bonchev–Trinajstić information content (AvgIpc) is 2.82. The van der Waals surface area contributed by atoms with Gasteiger partial charge >= 0.3 is 0 Å². The van der Waals surface area contributed by atoms with Crippen molar-refractivity contribution in [3.05, 3.63) is 113 Å². The summed E-state index contributed by atoms with van der Waals surface area (Å²) in [6.45, 7) is 4.28. The molecule has 0 aromatic heterocycles. The van der Waals surface area contributed by atoms with E-state index < -0.39 is 11.6 Å². The molecule has 0 aliphatic rings. The van der Waals surface area contributed by atoms with Gasteiger partial charge in [-0.25, -0.2) is 13.2 Å². The van der Waals surface area contributed by atoms with E-state index >= 15 is 0 Å². The van der Waals surface area contributed by atoms with Gasteiger partial charge in [-0.3, -0.25) is 0 Å². The zero-order chi connectivity index (χ0) is 23.4. The van der Waals surface area contributed by atoms with Gasteiger partial charge < -0.3 is 4.74 Å². The number of aryl methyl sites for hydroxylation is 3. The molecule has 4 aromatic carbocycles. The van der Waals surface area contributed by atoms with Crippen molar-refractivity contribution in [2.75, 3.05) is 6.61 Å². The van der Waals surface area contributed by atoms with Gasteiger partial charge in [-0.2, -0.15) is 0 Å². The van der Waals surface area contributed by atoms with Gasteiger partial charge in [0.2, 0.25) is 0 Å². The summed E-state index contributed by atoms with van der Waals surface area (Å²) in [6.07, 6.45) is 0.917. The lowest BCUT2D eigenvalue weighted by molar-refractivity contribution is 0.338. The van der Waals surface area contributed by atoms with Gasteiger partial charge in [0.1, 0.15) is 11.6 Å². The molecule has 0 fully saturated rings. The molecule has 0 aliphatic carbocycles. The van der Waals surface area contributed by atoms with Crippen LogP contribution in [0.4, 0.5) is 13.2 Å². The lowest BCUT2D eigenvalue weighted by Crippen LogP contribution is -2.00. The van der Waals surface area contributed by atoms with E-state index in [1.165, 1.54) is 6.07 Å². The summed E-state index contributed by atoms with van der Waals surface area (Å²) in [6, 6.07) is 22.9. The van der Waals surface area contributed by atoms with Crippen molar-refractivity contribution in [2.24, 2.45) is 0 Å². The van der Waals surface area contributed by atoms with E-state index in [0.717, 1.165) is 16.7 Å². The van der Waals surface area contributed by atoms with Gasteiger partial charge in [0.25, 0.3) is 0 Å². The molecule has 0 saturated carbocycles. The fraction of sp³-hybridized carbons (Fsp3) is 0.172. The molecule has 0 amide bonds. The van der Waals surface area contributed by atoms with E-state index in [4.69, 9.17) is 4.74 Å². The third-order valence-corrected chi connectivity index (χ3v) is 5.72. The Kier molecular flexibility index (Phi) is 6.83. The van der Waals surface area contributed by atoms with Crippen LogP contribution < -0.4 is 4.74 Å². The Morgan fingerprint density at radius 3 is 1.97 bits per heavy atom. The predicted octanol–water partition coefficient (Wildman–Crippen LogP) is 7.93.